The number of hydrogen-bond donors (Lipinski definition) is 3. The van der Waals surface area contributed by atoms with E-state index in [0.717, 1.165) is 10.8 Å². The molecule has 4 aromatic rings. The molecule has 2 atom stereocenters. The number of carboxylic acids is 2. The summed E-state index contributed by atoms with van der Waals surface area (Å²) in [6, 6.07) is 27.3. The molecule has 7 heteroatoms. The average molecular weight is 484 g/mol. The van der Waals surface area contributed by atoms with Crippen LogP contribution in [0.25, 0.3) is 10.8 Å². The van der Waals surface area contributed by atoms with Gasteiger partial charge in [0.05, 0.1) is 13.5 Å². The number of benzene rings is 4. The molecule has 0 saturated heterocycles. The summed E-state index contributed by atoms with van der Waals surface area (Å²) >= 11 is 0. The number of methoxy groups -OCH3 is 1. The zero-order valence-corrected chi connectivity index (χ0v) is 19.5. The molecule has 7 nitrogen and oxygen atoms in total. The van der Waals surface area contributed by atoms with Gasteiger partial charge >= 0.3 is 11.9 Å². The molecular weight excluding hydrogens is 458 g/mol. The van der Waals surface area contributed by atoms with Crippen LogP contribution in [0.3, 0.4) is 0 Å². The Morgan fingerprint density at radius 3 is 2.08 bits per heavy atom. The molecule has 0 aliphatic heterocycles. The largest absolute Gasteiger partial charge is 0.497 e. The first kappa shape index (κ1) is 24.5. The number of carbonyl (C=O) groups is 3. The molecule has 1 amide bonds. The normalized spacial score (nSPS) is 13.4. The van der Waals surface area contributed by atoms with Crippen molar-refractivity contribution in [2.75, 3.05) is 7.11 Å². The molecule has 0 radical (unpaired) electrons. The second-order valence-corrected chi connectivity index (χ2v) is 8.42. The van der Waals surface area contributed by atoms with Gasteiger partial charge < -0.3 is 20.3 Å². The van der Waals surface area contributed by atoms with E-state index < -0.39 is 35.7 Å². The Kier molecular flexibility index (Phi) is 7.01. The molecule has 3 N–H and O–H groups in total. The zero-order chi connectivity index (χ0) is 25.7. The molecule has 4 aromatic carbocycles. The highest BCUT2D eigenvalue weighted by molar-refractivity contribution is 5.99. The maximum Gasteiger partial charge on any atom is 0.334 e. The Bertz CT molecular complexity index is 1400. The fraction of sp³-hybridized carbons (Fsp3) is 0.138. The molecular formula is C29H25NO6. The average Bonchev–Trinajstić information content (AvgIpc) is 2.90. The van der Waals surface area contributed by atoms with Crippen molar-refractivity contribution in [3.8, 4) is 5.75 Å². The Morgan fingerprint density at radius 1 is 0.833 bits per heavy atom. The Morgan fingerprint density at radius 2 is 1.47 bits per heavy atom. The van der Waals surface area contributed by atoms with Crippen molar-refractivity contribution in [1.29, 1.82) is 0 Å². The van der Waals surface area contributed by atoms with E-state index in [4.69, 9.17) is 4.74 Å². The lowest BCUT2D eigenvalue weighted by atomic mass is 9.72. The van der Waals surface area contributed by atoms with Crippen molar-refractivity contribution in [1.82, 2.24) is 5.32 Å². The molecule has 0 aliphatic rings. The van der Waals surface area contributed by atoms with Gasteiger partial charge in [0, 0.05) is 11.5 Å². The van der Waals surface area contributed by atoms with Crippen molar-refractivity contribution in [2.24, 2.45) is 0 Å². The number of hydrogen-bond acceptors (Lipinski definition) is 4. The van der Waals surface area contributed by atoms with Gasteiger partial charge in [-0.2, -0.15) is 0 Å². The molecule has 0 heterocycles. The van der Waals surface area contributed by atoms with Gasteiger partial charge in [-0.3, -0.25) is 9.59 Å². The Balaban J connectivity index is 1.95. The van der Waals surface area contributed by atoms with Crippen LogP contribution in [0, 0.1) is 0 Å². The van der Waals surface area contributed by atoms with Gasteiger partial charge in [-0.15, -0.1) is 0 Å². The van der Waals surface area contributed by atoms with Crippen LogP contribution < -0.4 is 10.1 Å². The highest BCUT2D eigenvalue weighted by atomic mass is 16.5. The molecule has 182 valence electrons. The second kappa shape index (κ2) is 10.3. The van der Waals surface area contributed by atoms with E-state index in [1.54, 1.807) is 54.6 Å². The van der Waals surface area contributed by atoms with Crippen LogP contribution in [0.1, 0.15) is 33.8 Å². The van der Waals surface area contributed by atoms with Crippen LogP contribution >= 0.6 is 0 Å². The van der Waals surface area contributed by atoms with Crippen LogP contribution in [-0.2, 0) is 15.1 Å². The van der Waals surface area contributed by atoms with Crippen molar-refractivity contribution >= 4 is 28.6 Å². The van der Waals surface area contributed by atoms with E-state index in [2.05, 4.69) is 5.32 Å². The van der Waals surface area contributed by atoms with Crippen LogP contribution in [0.15, 0.2) is 97.1 Å². The molecule has 2 unspecified atom stereocenters. The first-order valence-corrected chi connectivity index (χ1v) is 11.3. The smallest absolute Gasteiger partial charge is 0.334 e. The predicted molar refractivity (Wildman–Crippen MR) is 135 cm³/mol. The monoisotopic (exact) mass is 483 g/mol. The first-order chi connectivity index (χ1) is 17.3. The summed E-state index contributed by atoms with van der Waals surface area (Å²) in [6.45, 7) is 0. The van der Waals surface area contributed by atoms with Crippen molar-refractivity contribution in [3.05, 3.63) is 114 Å². The lowest BCUT2D eigenvalue weighted by molar-refractivity contribution is -0.147. The first-order valence-electron chi connectivity index (χ1n) is 11.3. The van der Waals surface area contributed by atoms with E-state index in [9.17, 15) is 24.6 Å². The number of carboxylic acid groups (broad SMARTS) is 2. The van der Waals surface area contributed by atoms with Crippen LogP contribution in [0.5, 0.6) is 5.75 Å². The molecule has 4 rings (SSSR count). The summed E-state index contributed by atoms with van der Waals surface area (Å²) in [4.78, 5) is 38.6. The topological polar surface area (TPSA) is 113 Å². The number of nitrogens with one attached hydrogen (secondary N) is 1. The quantitative estimate of drug-likeness (QED) is 0.315. The molecule has 0 saturated carbocycles. The van der Waals surface area contributed by atoms with E-state index in [0.29, 0.717) is 11.3 Å². The number of aliphatic carboxylic acids is 2. The number of rotatable bonds is 9. The van der Waals surface area contributed by atoms with E-state index in [-0.39, 0.29) is 11.1 Å². The van der Waals surface area contributed by atoms with Crippen LogP contribution in [0.4, 0.5) is 0 Å². The summed E-state index contributed by atoms with van der Waals surface area (Å²) in [5.41, 5.74) is -1.15. The van der Waals surface area contributed by atoms with E-state index in [1.807, 2.05) is 30.3 Å². The van der Waals surface area contributed by atoms with E-state index >= 15 is 0 Å². The van der Waals surface area contributed by atoms with Crippen molar-refractivity contribution in [2.45, 2.75) is 17.9 Å². The van der Waals surface area contributed by atoms with Gasteiger partial charge in [0.15, 0.2) is 5.54 Å². The predicted octanol–water partition coefficient (Wildman–Crippen LogP) is 4.82. The molecule has 0 aliphatic carbocycles. The highest BCUT2D eigenvalue weighted by Gasteiger charge is 2.50. The summed E-state index contributed by atoms with van der Waals surface area (Å²) in [5, 5.41) is 25.0. The maximum absolute atomic E-state index is 13.3. The van der Waals surface area contributed by atoms with Crippen molar-refractivity contribution in [3.63, 3.8) is 0 Å². The highest BCUT2D eigenvalue weighted by Crippen LogP contribution is 2.42. The minimum atomic E-state index is -2.10. The lowest BCUT2D eigenvalue weighted by Gasteiger charge is -2.38. The minimum absolute atomic E-state index is 0.222. The Hall–Kier alpha value is -4.65. The third-order valence-electron chi connectivity index (χ3n) is 6.31. The Labute approximate surface area is 208 Å². The number of fused-ring (bicyclic) bond motifs is 1. The van der Waals surface area contributed by atoms with Gasteiger partial charge in [-0.25, -0.2) is 4.79 Å². The van der Waals surface area contributed by atoms with Gasteiger partial charge in [0.25, 0.3) is 5.91 Å². The SMILES string of the molecule is COc1ccc(C(NC(=O)c2ccccc2)(C(=O)O)C(CC(=O)O)c2ccc3ccccc3c2)cc1. The molecule has 0 spiro atoms. The summed E-state index contributed by atoms with van der Waals surface area (Å²) < 4.78 is 5.22. The number of ether oxygens (including phenoxy) is 1. The van der Waals surface area contributed by atoms with Crippen molar-refractivity contribution < 1.29 is 29.3 Å². The third-order valence-corrected chi connectivity index (χ3v) is 6.31. The van der Waals surface area contributed by atoms with Gasteiger partial charge in [-0.05, 0) is 46.2 Å². The van der Waals surface area contributed by atoms with Crippen LogP contribution in [-0.4, -0.2) is 35.2 Å². The number of amides is 1. The maximum atomic E-state index is 13.3. The minimum Gasteiger partial charge on any atom is -0.497 e. The summed E-state index contributed by atoms with van der Waals surface area (Å²) in [6.07, 6.45) is -0.536. The van der Waals surface area contributed by atoms with Crippen LogP contribution in [0.2, 0.25) is 0 Å². The van der Waals surface area contributed by atoms with Gasteiger partial charge in [0.2, 0.25) is 0 Å². The van der Waals surface area contributed by atoms with Gasteiger partial charge in [-0.1, -0.05) is 72.8 Å². The summed E-state index contributed by atoms with van der Waals surface area (Å²) in [7, 11) is 1.49. The number of carbonyl (C=O) groups excluding carboxylic acids is 1. The standard InChI is InChI=1S/C29H25NO6/c1-36-24-15-13-23(14-16-24)29(28(34)35,30-27(33)20-8-3-2-4-9-20)25(18-26(31)32)22-12-11-19-7-5-6-10-21(19)17-22/h2-17,25H,18H2,1H3,(H,30,33)(H,31,32)(H,34,35). The fourth-order valence-corrected chi connectivity index (χ4v) is 4.50. The molecule has 36 heavy (non-hydrogen) atoms. The van der Waals surface area contributed by atoms with Gasteiger partial charge in [0.1, 0.15) is 5.75 Å². The third kappa shape index (κ3) is 4.77. The second-order valence-electron chi connectivity index (χ2n) is 8.42. The molecule has 0 fully saturated rings. The summed E-state index contributed by atoms with van der Waals surface area (Å²) in [5.74, 6) is -3.85. The zero-order valence-electron chi connectivity index (χ0n) is 19.5. The lowest BCUT2D eigenvalue weighted by Crippen LogP contribution is -2.56. The van der Waals surface area contributed by atoms with E-state index in [1.165, 1.54) is 19.2 Å². The molecule has 0 aromatic heterocycles. The fourth-order valence-electron chi connectivity index (χ4n) is 4.50. The molecule has 0 bridgehead atoms.